The van der Waals surface area contributed by atoms with Crippen molar-refractivity contribution in [3.8, 4) is 11.5 Å². The molecule has 98 valence electrons. The fourth-order valence-electron chi connectivity index (χ4n) is 1.72. The smallest absolute Gasteiger partial charge is 0.170 e. The number of carbonyl (C=O) groups is 1. The van der Waals surface area contributed by atoms with Crippen molar-refractivity contribution in [3.05, 3.63) is 48.0 Å². The molecule has 0 N–H and O–H groups in total. The predicted molar refractivity (Wildman–Crippen MR) is 69.6 cm³/mol. The van der Waals surface area contributed by atoms with E-state index in [0.717, 1.165) is 5.56 Å². The molecule has 0 unspecified atom stereocenters. The molecule has 0 aliphatic carbocycles. The van der Waals surface area contributed by atoms with E-state index in [9.17, 15) is 4.79 Å². The monoisotopic (exact) mass is 258 g/mol. The third-order valence-electron chi connectivity index (χ3n) is 2.70. The van der Waals surface area contributed by atoms with Crippen molar-refractivity contribution in [2.75, 3.05) is 14.2 Å². The topological polar surface area (TPSA) is 61.3 Å². The number of ketones is 1. The number of ether oxygens (including phenoxy) is 2. The van der Waals surface area contributed by atoms with Crippen LogP contribution in [0, 0.1) is 0 Å². The van der Waals surface area contributed by atoms with Crippen LogP contribution >= 0.6 is 0 Å². The Hall–Kier alpha value is -2.43. The molecule has 0 spiro atoms. The van der Waals surface area contributed by atoms with Gasteiger partial charge in [-0.05, 0) is 17.7 Å². The van der Waals surface area contributed by atoms with E-state index in [1.807, 2.05) is 6.07 Å². The molecule has 0 radical (unpaired) electrons. The zero-order chi connectivity index (χ0) is 13.7. The summed E-state index contributed by atoms with van der Waals surface area (Å²) in [5.41, 5.74) is 1.35. The van der Waals surface area contributed by atoms with Crippen LogP contribution in [-0.2, 0) is 6.42 Å². The van der Waals surface area contributed by atoms with E-state index < -0.39 is 0 Å². The summed E-state index contributed by atoms with van der Waals surface area (Å²) in [6.07, 6.45) is 4.69. The van der Waals surface area contributed by atoms with E-state index in [2.05, 4.69) is 9.97 Å². The quantitative estimate of drug-likeness (QED) is 0.767. The second kappa shape index (κ2) is 5.95. The lowest BCUT2D eigenvalue weighted by molar-refractivity contribution is 0.0992. The zero-order valence-electron chi connectivity index (χ0n) is 10.8. The Labute approximate surface area is 111 Å². The van der Waals surface area contributed by atoms with Gasteiger partial charge >= 0.3 is 0 Å². The molecule has 2 rings (SSSR count). The minimum atomic E-state index is -0.0344. The number of rotatable bonds is 5. The van der Waals surface area contributed by atoms with E-state index in [1.54, 1.807) is 26.4 Å². The standard InChI is InChI=1S/C14H14N2O3/c1-18-13-4-3-10(6-14(13)19-2)5-12(17)11-7-15-9-16-8-11/h3-4,6-9H,5H2,1-2H3. The van der Waals surface area contributed by atoms with Gasteiger partial charge in [0.2, 0.25) is 0 Å². The average molecular weight is 258 g/mol. The minimum Gasteiger partial charge on any atom is -0.493 e. The maximum Gasteiger partial charge on any atom is 0.170 e. The number of methoxy groups -OCH3 is 2. The van der Waals surface area contributed by atoms with E-state index in [0.29, 0.717) is 17.1 Å². The molecule has 5 heteroatoms. The van der Waals surface area contributed by atoms with E-state index in [1.165, 1.54) is 18.7 Å². The highest BCUT2D eigenvalue weighted by molar-refractivity contribution is 5.97. The first-order valence-electron chi connectivity index (χ1n) is 5.73. The Kier molecular flexibility index (Phi) is 4.07. The van der Waals surface area contributed by atoms with Crippen LogP contribution in [0.4, 0.5) is 0 Å². The Morgan fingerprint density at radius 2 is 1.79 bits per heavy atom. The third kappa shape index (κ3) is 3.07. The maximum atomic E-state index is 12.0. The molecule has 0 saturated heterocycles. The van der Waals surface area contributed by atoms with Crippen LogP contribution < -0.4 is 9.47 Å². The van der Waals surface area contributed by atoms with Crippen LogP contribution in [0.2, 0.25) is 0 Å². The fraction of sp³-hybridized carbons (Fsp3) is 0.214. The van der Waals surface area contributed by atoms with E-state index >= 15 is 0 Å². The lowest BCUT2D eigenvalue weighted by Crippen LogP contribution is -2.05. The summed E-state index contributed by atoms with van der Waals surface area (Å²) in [4.78, 5) is 19.7. The Balaban J connectivity index is 2.18. The van der Waals surface area contributed by atoms with Crippen LogP contribution in [0.25, 0.3) is 0 Å². The molecule has 0 amide bonds. The number of Topliss-reactive ketones (excluding diaryl/α,β-unsaturated/α-hetero) is 1. The van der Waals surface area contributed by atoms with Crippen LogP contribution in [-0.4, -0.2) is 30.0 Å². The van der Waals surface area contributed by atoms with Crippen LogP contribution in [0.15, 0.2) is 36.9 Å². The number of carbonyl (C=O) groups excluding carboxylic acids is 1. The van der Waals surface area contributed by atoms with Crippen LogP contribution in [0.5, 0.6) is 11.5 Å². The molecule has 1 heterocycles. The highest BCUT2D eigenvalue weighted by Crippen LogP contribution is 2.27. The molecule has 0 aliphatic rings. The van der Waals surface area contributed by atoms with Gasteiger partial charge in [0.05, 0.1) is 19.8 Å². The highest BCUT2D eigenvalue weighted by atomic mass is 16.5. The second-order valence-corrected chi connectivity index (χ2v) is 3.92. The normalized spacial score (nSPS) is 10.0. The van der Waals surface area contributed by atoms with E-state index in [-0.39, 0.29) is 12.2 Å². The molecule has 0 fully saturated rings. The minimum absolute atomic E-state index is 0.0344. The first kappa shape index (κ1) is 13.0. The lowest BCUT2D eigenvalue weighted by atomic mass is 10.0. The number of hydrogen-bond donors (Lipinski definition) is 0. The largest absolute Gasteiger partial charge is 0.493 e. The first-order valence-corrected chi connectivity index (χ1v) is 5.73. The van der Waals surface area contributed by atoms with Gasteiger partial charge < -0.3 is 9.47 Å². The van der Waals surface area contributed by atoms with Crippen molar-refractivity contribution in [3.63, 3.8) is 0 Å². The molecule has 1 aromatic carbocycles. The fourth-order valence-corrected chi connectivity index (χ4v) is 1.72. The summed E-state index contributed by atoms with van der Waals surface area (Å²) in [5, 5.41) is 0. The molecule has 2 aromatic rings. The van der Waals surface area contributed by atoms with Crippen LogP contribution in [0.3, 0.4) is 0 Å². The van der Waals surface area contributed by atoms with Gasteiger partial charge in [0, 0.05) is 18.8 Å². The molecular weight excluding hydrogens is 244 g/mol. The molecule has 0 bridgehead atoms. The Morgan fingerprint density at radius 3 is 2.42 bits per heavy atom. The maximum absolute atomic E-state index is 12.0. The lowest BCUT2D eigenvalue weighted by Gasteiger charge is -2.09. The van der Waals surface area contributed by atoms with Gasteiger partial charge in [0.15, 0.2) is 17.3 Å². The first-order chi connectivity index (χ1) is 9.24. The Bertz CT molecular complexity index is 570. The SMILES string of the molecule is COc1ccc(CC(=O)c2cncnc2)cc1OC. The predicted octanol–water partition coefficient (Wildman–Crippen LogP) is 1.92. The molecule has 1 aromatic heterocycles. The second-order valence-electron chi connectivity index (χ2n) is 3.92. The van der Waals surface area contributed by atoms with Gasteiger partial charge in [-0.25, -0.2) is 9.97 Å². The highest BCUT2D eigenvalue weighted by Gasteiger charge is 2.10. The van der Waals surface area contributed by atoms with Gasteiger partial charge in [-0.15, -0.1) is 0 Å². The van der Waals surface area contributed by atoms with Crippen LogP contribution in [0.1, 0.15) is 15.9 Å². The molecule has 0 atom stereocenters. The van der Waals surface area contributed by atoms with Crippen molar-refractivity contribution >= 4 is 5.78 Å². The molecule has 19 heavy (non-hydrogen) atoms. The van der Waals surface area contributed by atoms with Crippen molar-refractivity contribution in [2.45, 2.75) is 6.42 Å². The number of hydrogen-bond acceptors (Lipinski definition) is 5. The molecule has 0 saturated carbocycles. The summed E-state index contributed by atoms with van der Waals surface area (Å²) < 4.78 is 10.4. The zero-order valence-corrected chi connectivity index (χ0v) is 10.8. The Morgan fingerprint density at radius 1 is 1.11 bits per heavy atom. The van der Waals surface area contributed by atoms with Crippen molar-refractivity contribution < 1.29 is 14.3 Å². The summed E-state index contributed by atoms with van der Waals surface area (Å²) in [6.45, 7) is 0. The van der Waals surface area contributed by atoms with Gasteiger partial charge in [-0.3, -0.25) is 4.79 Å². The summed E-state index contributed by atoms with van der Waals surface area (Å²) in [5.74, 6) is 1.21. The van der Waals surface area contributed by atoms with Gasteiger partial charge in [-0.1, -0.05) is 6.07 Å². The average Bonchev–Trinajstić information content (AvgIpc) is 2.48. The third-order valence-corrected chi connectivity index (χ3v) is 2.70. The van der Waals surface area contributed by atoms with Crippen molar-refractivity contribution in [1.29, 1.82) is 0 Å². The summed E-state index contributed by atoms with van der Waals surface area (Å²) in [6, 6.07) is 5.41. The van der Waals surface area contributed by atoms with Gasteiger partial charge in [-0.2, -0.15) is 0 Å². The van der Waals surface area contributed by atoms with Gasteiger partial charge in [0.25, 0.3) is 0 Å². The number of aromatic nitrogens is 2. The number of nitrogens with zero attached hydrogens (tertiary/aromatic N) is 2. The summed E-state index contributed by atoms with van der Waals surface area (Å²) >= 11 is 0. The summed E-state index contributed by atoms with van der Waals surface area (Å²) in [7, 11) is 3.14. The molecule has 5 nitrogen and oxygen atoms in total. The van der Waals surface area contributed by atoms with Gasteiger partial charge in [0.1, 0.15) is 6.33 Å². The molecular formula is C14H14N2O3. The van der Waals surface area contributed by atoms with Crippen molar-refractivity contribution in [2.24, 2.45) is 0 Å². The van der Waals surface area contributed by atoms with E-state index in [4.69, 9.17) is 9.47 Å². The number of benzene rings is 1. The molecule has 0 aliphatic heterocycles. The van der Waals surface area contributed by atoms with Crippen molar-refractivity contribution in [1.82, 2.24) is 9.97 Å².